The number of hydrogen-bond donors (Lipinski definition) is 0. The fraction of sp³-hybridized carbons (Fsp3) is 0.241. The van der Waals surface area contributed by atoms with Crippen molar-refractivity contribution in [2.45, 2.75) is 19.8 Å². The summed E-state index contributed by atoms with van der Waals surface area (Å²) < 4.78 is 10.6. The van der Waals surface area contributed by atoms with Gasteiger partial charge in [-0.3, -0.25) is 19.2 Å². The van der Waals surface area contributed by atoms with Crippen LogP contribution in [0.1, 0.15) is 46.0 Å². The SMILES string of the molecule is CCOC(=O)C(C(=O)c1ccccc1)C(c1ccccc1)C(C(=O)OCC)C(=O)c1ccccc1. The summed E-state index contributed by atoms with van der Waals surface area (Å²) in [5, 5.41) is 0. The fourth-order valence-corrected chi connectivity index (χ4v) is 4.11. The van der Waals surface area contributed by atoms with Crippen LogP contribution in [0.3, 0.4) is 0 Å². The highest BCUT2D eigenvalue weighted by atomic mass is 16.5. The number of Topliss-reactive ketones (excluding diaryl/α,β-unsaturated/α-hetero) is 2. The van der Waals surface area contributed by atoms with Crippen LogP contribution in [0.25, 0.3) is 0 Å². The Labute approximate surface area is 204 Å². The summed E-state index contributed by atoms with van der Waals surface area (Å²) in [6.07, 6.45) is 0. The van der Waals surface area contributed by atoms with Gasteiger partial charge in [-0.15, -0.1) is 0 Å². The predicted octanol–water partition coefficient (Wildman–Crippen LogP) is 4.89. The maximum Gasteiger partial charge on any atom is 0.317 e. The first-order valence-electron chi connectivity index (χ1n) is 11.6. The van der Waals surface area contributed by atoms with Crippen LogP contribution >= 0.6 is 0 Å². The standard InChI is InChI=1S/C29H28O6/c1-3-34-28(32)24(26(30)21-16-10-6-11-17-21)23(20-14-8-5-9-15-20)25(29(33)35-4-2)27(31)22-18-12-7-13-19-22/h5-19,23-25H,3-4H2,1-2H3. The number of ketones is 2. The molecule has 2 unspecified atom stereocenters. The number of carbonyl (C=O) groups is 4. The van der Waals surface area contributed by atoms with Crippen LogP contribution in [0.4, 0.5) is 0 Å². The van der Waals surface area contributed by atoms with E-state index >= 15 is 0 Å². The quantitative estimate of drug-likeness (QED) is 0.224. The van der Waals surface area contributed by atoms with Gasteiger partial charge >= 0.3 is 11.9 Å². The van der Waals surface area contributed by atoms with Crippen molar-refractivity contribution < 1.29 is 28.7 Å². The molecular formula is C29H28O6. The molecule has 0 aromatic heterocycles. The van der Waals surface area contributed by atoms with Crippen molar-refractivity contribution in [2.24, 2.45) is 11.8 Å². The van der Waals surface area contributed by atoms with Gasteiger partial charge in [-0.05, 0) is 19.4 Å². The van der Waals surface area contributed by atoms with Crippen LogP contribution in [0.15, 0.2) is 91.0 Å². The molecule has 0 bridgehead atoms. The summed E-state index contributed by atoms with van der Waals surface area (Å²) in [7, 11) is 0. The lowest BCUT2D eigenvalue weighted by Gasteiger charge is -2.30. The van der Waals surface area contributed by atoms with Crippen LogP contribution in [0, 0.1) is 11.8 Å². The smallest absolute Gasteiger partial charge is 0.317 e. The largest absolute Gasteiger partial charge is 0.465 e. The average molecular weight is 473 g/mol. The van der Waals surface area contributed by atoms with Gasteiger partial charge in [0.05, 0.1) is 13.2 Å². The van der Waals surface area contributed by atoms with Crippen LogP contribution in [-0.2, 0) is 19.1 Å². The molecule has 3 aromatic rings. The molecule has 0 N–H and O–H groups in total. The van der Waals surface area contributed by atoms with E-state index in [-0.39, 0.29) is 24.3 Å². The van der Waals surface area contributed by atoms with Crippen molar-refractivity contribution in [1.82, 2.24) is 0 Å². The first kappa shape index (κ1) is 25.6. The van der Waals surface area contributed by atoms with E-state index in [4.69, 9.17) is 9.47 Å². The molecule has 0 fully saturated rings. The maximum atomic E-state index is 13.8. The Morgan fingerprint density at radius 2 is 0.914 bits per heavy atom. The van der Waals surface area contributed by atoms with Gasteiger partial charge in [0.15, 0.2) is 11.6 Å². The van der Waals surface area contributed by atoms with Crippen molar-refractivity contribution in [3.8, 4) is 0 Å². The van der Waals surface area contributed by atoms with E-state index in [1.54, 1.807) is 105 Å². The van der Waals surface area contributed by atoms with Gasteiger partial charge < -0.3 is 9.47 Å². The second-order valence-electron chi connectivity index (χ2n) is 7.86. The van der Waals surface area contributed by atoms with Crippen LogP contribution in [0.2, 0.25) is 0 Å². The number of hydrogen-bond acceptors (Lipinski definition) is 6. The summed E-state index contributed by atoms with van der Waals surface area (Å²) in [6.45, 7) is 3.35. The fourth-order valence-electron chi connectivity index (χ4n) is 4.11. The van der Waals surface area contributed by atoms with Crippen LogP contribution < -0.4 is 0 Å². The minimum absolute atomic E-state index is 0.0373. The lowest BCUT2D eigenvalue weighted by atomic mass is 9.71. The van der Waals surface area contributed by atoms with E-state index in [1.165, 1.54) is 0 Å². The van der Waals surface area contributed by atoms with Crippen LogP contribution in [0.5, 0.6) is 0 Å². The highest BCUT2D eigenvalue weighted by Crippen LogP contribution is 2.38. The molecule has 0 aliphatic carbocycles. The summed E-state index contributed by atoms with van der Waals surface area (Å²) in [4.78, 5) is 54.1. The molecule has 0 amide bonds. The zero-order chi connectivity index (χ0) is 25.2. The van der Waals surface area contributed by atoms with Crippen molar-refractivity contribution >= 4 is 23.5 Å². The Hall–Kier alpha value is -4.06. The Morgan fingerprint density at radius 3 is 1.26 bits per heavy atom. The molecule has 0 saturated carbocycles. The van der Waals surface area contributed by atoms with Gasteiger partial charge in [0.25, 0.3) is 0 Å². The molecule has 0 aliphatic heterocycles. The van der Waals surface area contributed by atoms with Gasteiger partial charge in [0.2, 0.25) is 0 Å². The van der Waals surface area contributed by atoms with E-state index in [0.717, 1.165) is 0 Å². The van der Waals surface area contributed by atoms with Gasteiger partial charge in [-0.2, -0.15) is 0 Å². The molecule has 3 aromatic carbocycles. The zero-order valence-corrected chi connectivity index (χ0v) is 19.8. The summed E-state index contributed by atoms with van der Waals surface area (Å²) in [6, 6.07) is 25.2. The van der Waals surface area contributed by atoms with Gasteiger partial charge in [-0.25, -0.2) is 0 Å². The van der Waals surface area contributed by atoms with E-state index in [1.807, 2.05) is 0 Å². The summed E-state index contributed by atoms with van der Waals surface area (Å²) in [5.74, 6) is -6.70. The van der Waals surface area contributed by atoms with Crippen molar-refractivity contribution in [3.05, 3.63) is 108 Å². The first-order valence-corrected chi connectivity index (χ1v) is 11.6. The highest BCUT2D eigenvalue weighted by molar-refractivity contribution is 6.13. The van der Waals surface area contributed by atoms with E-state index in [0.29, 0.717) is 5.56 Å². The second kappa shape index (κ2) is 12.4. The van der Waals surface area contributed by atoms with Gasteiger partial charge in [-0.1, -0.05) is 91.0 Å². The molecular weight excluding hydrogens is 444 g/mol. The van der Waals surface area contributed by atoms with E-state index < -0.39 is 41.3 Å². The lowest BCUT2D eigenvalue weighted by Crippen LogP contribution is -2.42. The molecule has 180 valence electrons. The Kier molecular flexibility index (Phi) is 9.07. The molecule has 0 heterocycles. The Balaban J connectivity index is 2.24. The van der Waals surface area contributed by atoms with Crippen molar-refractivity contribution in [3.63, 3.8) is 0 Å². The van der Waals surface area contributed by atoms with Gasteiger partial charge in [0, 0.05) is 17.0 Å². The molecule has 0 radical (unpaired) electrons. The third kappa shape index (κ3) is 6.09. The molecule has 6 heteroatoms. The van der Waals surface area contributed by atoms with Crippen molar-refractivity contribution in [2.75, 3.05) is 13.2 Å². The molecule has 0 spiro atoms. The number of rotatable bonds is 11. The van der Waals surface area contributed by atoms with Crippen LogP contribution in [-0.4, -0.2) is 36.7 Å². The number of esters is 2. The zero-order valence-electron chi connectivity index (χ0n) is 19.8. The topological polar surface area (TPSA) is 86.7 Å². The molecule has 0 aliphatic rings. The third-order valence-corrected chi connectivity index (χ3v) is 5.67. The number of carbonyl (C=O) groups excluding carboxylic acids is 4. The predicted molar refractivity (Wildman–Crippen MR) is 131 cm³/mol. The normalized spacial score (nSPS) is 13.2. The molecule has 2 atom stereocenters. The third-order valence-electron chi connectivity index (χ3n) is 5.67. The molecule has 3 rings (SSSR count). The number of ether oxygens (including phenoxy) is 2. The minimum atomic E-state index is -1.44. The minimum Gasteiger partial charge on any atom is -0.465 e. The lowest BCUT2D eigenvalue weighted by molar-refractivity contribution is -0.150. The number of benzene rings is 3. The second-order valence-corrected chi connectivity index (χ2v) is 7.86. The maximum absolute atomic E-state index is 13.8. The average Bonchev–Trinajstić information content (AvgIpc) is 2.90. The van der Waals surface area contributed by atoms with Crippen molar-refractivity contribution in [1.29, 1.82) is 0 Å². The Morgan fingerprint density at radius 1 is 0.571 bits per heavy atom. The molecule has 0 saturated heterocycles. The molecule has 6 nitrogen and oxygen atoms in total. The van der Waals surface area contributed by atoms with E-state index in [9.17, 15) is 19.2 Å². The summed E-state index contributed by atoms with van der Waals surface area (Å²) in [5.41, 5.74) is 1.04. The first-order chi connectivity index (χ1) is 17.0. The Bertz CT molecular complexity index is 1070. The summed E-state index contributed by atoms with van der Waals surface area (Å²) >= 11 is 0. The monoisotopic (exact) mass is 472 g/mol. The van der Waals surface area contributed by atoms with E-state index in [2.05, 4.69) is 0 Å². The highest BCUT2D eigenvalue weighted by Gasteiger charge is 2.48. The molecule has 35 heavy (non-hydrogen) atoms. The van der Waals surface area contributed by atoms with Gasteiger partial charge in [0.1, 0.15) is 11.8 Å².